The molecule has 2 unspecified atom stereocenters. The van der Waals surface area contributed by atoms with Crippen LogP contribution in [0.3, 0.4) is 0 Å². The van der Waals surface area contributed by atoms with E-state index in [1.165, 1.54) is 37.7 Å². The van der Waals surface area contributed by atoms with E-state index in [1.807, 2.05) is 0 Å². The van der Waals surface area contributed by atoms with Crippen molar-refractivity contribution in [2.45, 2.75) is 91.6 Å². The molecule has 0 aliphatic carbocycles. The Morgan fingerprint density at radius 3 is 2.33 bits per heavy atom. The summed E-state index contributed by atoms with van der Waals surface area (Å²) < 4.78 is 4.72. The third-order valence-electron chi connectivity index (χ3n) is 4.65. The summed E-state index contributed by atoms with van der Waals surface area (Å²) in [5.74, 6) is 0.744. The largest absolute Gasteiger partial charge is 0.463 e. The summed E-state index contributed by atoms with van der Waals surface area (Å²) in [6, 6.07) is 0. The third-order valence-corrected chi connectivity index (χ3v) is 4.65. The fraction of sp³-hybridized carbons (Fsp3) is 0.818. The number of hydrogen-bond acceptors (Lipinski definition) is 5. The molecule has 0 rings (SSSR count). The van der Waals surface area contributed by atoms with E-state index in [0.717, 1.165) is 18.3 Å². The van der Waals surface area contributed by atoms with Crippen molar-refractivity contribution in [2.75, 3.05) is 13.2 Å². The van der Waals surface area contributed by atoms with Gasteiger partial charge in [0.15, 0.2) is 0 Å². The smallest absolute Gasteiger partial charge is 0.313 e. The Hall–Kier alpha value is -1.20. The third kappa shape index (κ3) is 16.7. The van der Waals surface area contributed by atoms with Gasteiger partial charge in [-0.15, -0.1) is 0 Å². The molecule has 5 heteroatoms. The van der Waals surface area contributed by atoms with Crippen LogP contribution in [-0.2, 0) is 14.3 Å². The second-order valence-corrected chi connectivity index (χ2v) is 8.15. The molecule has 0 spiro atoms. The SMILES string of the molecule is C/C(=C\CCC(=O)CC(=O)OCC(O)CO)CCCC(C)CCCC(C)C. The molecule has 0 radical (unpaired) electrons. The first-order chi connectivity index (χ1) is 12.7. The van der Waals surface area contributed by atoms with Gasteiger partial charge in [0.05, 0.1) is 6.61 Å². The molecule has 0 saturated carbocycles. The van der Waals surface area contributed by atoms with Gasteiger partial charge in [-0.2, -0.15) is 0 Å². The topological polar surface area (TPSA) is 83.8 Å². The van der Waals surface area contributed by atoms with Crippen LogP contribution in [0.1, 0.15) is 85.5 Å². The number of allylic oxidation sites excluding steroid dienone is 2. The van der Waals surface area contributed by atoms with E-state index >= 15 is 0 Å². The molecule has 0 heterocycles. The molecule has 0 saturated heterocycles. The molecule has 0 aromatic rings. The average Bonchev–Trinajstić information content (AvgIpc) is 2.59. The van der Waals surface area contributed by atoms with Crippen molar-refractivity contribution in [1.82, 2.24) is 0 Å². The molecule has 0 bridgehead atoms. The minimum absolute atomic E-state index is 0.165. The van der Waals surface area contributed by atoms with Gasteiger partial charge in [0.1, 0.15) is 24.9 Å². The fourth-order valence-electron chi connectivity index (χ4n) is 2.87. The van der Waals surface area contributed by atoms with Gasteiger partial charge in [0, 0.05) is 6.42 Å². The van der Waals surface area contributed by atoms with Gasteiger partial charge in [0.25, 0.3) is 0 Å². The van der Waals surface area contributed by atoms with Gasteiger partial charge in [-0.05, 0) is 38.0 Å². The molecule has 27 heavy (non-hydrogen) atoms. The van der Waals surface area contributed by atoms with E-state index in [2.05, 4.69) is 33.8 Å². The predicted octanol–water partition coefficient (Wildman–Crippen LogP) is 4.20. The number of ether oxygens (including phenoxy) is 1. The van der Waals surface area contributed by atoms with E-state index < -0.39 is 18.7 Å². The van der Waals surface area contributed by atoms with Crippen LogP contribution >= 0.6 is 0 Å². The lowest BCUT2D eigenvalue weighted by atomic mass is 9.94. The first-order valence-corrected chi connectivity index (χ1v) is 10.4. The second kappa shape index (κ2) is 15.8. The fourth-order valence-corrected chi connectivity index (χ4v) is 2.87. The minimum Gasteiger partial charge on any atom is -0.463 e. The van der Waals surface area contributed by atoms with E-state index in [0.29, 0.717) is 12.8 Å². The quantitative estimate of drug-likeness (QED) is 0.237. The van der Waals surface area contributed by atoms with Gasteiger partial charge < -0.3 is 14.9 Å². The van der Waals surface area contributed by atoms with Crippen molar-refractivity contribution in [2.24, 2.45) is 11.8 Å². The molecule has 0 aromatic carbocycles. The average molecular weight is 385 g/mol. The van der Waals surface area contributed by atoms with Crippen molar-refractivity contribution >= 4 is 11.8 Å². The number of carbonyl (C=O) groups is 2. The number of rotatable bonds is 16. The summed E-state index contributed by atoms with van der Waals surface area (Å²) in [5.41, 5.74) is 1.30. The van der Waals surface area contributed by atoms with E-state index in [-0.39, 0.29) is 18.8 Å². The van der Waals surface area contributed by atoms with Gasteiger partial charge in [-0.25, -0.2) is 0 Å². The predicted molar refractivity (Wildman–Crippen MR) is 108 cm³/mol. The normalized spacial score (nSPS) is 14.3. The van der Waals surface area contributed by atoms with Crippen LogP contribution in [-0.4, -0.2) is 41.3 Å². The summed E-state index contributed by atoms with van der Waals surface area (Å²) >= 11 is 0. The Morgan fingerprint density at radius 2 is 1.70 bits per heavy atom. The monoisotopic (exact) mass is 384 g/mol. The number of hydrogen-bond donors (Lipinski definition) is 2. The zero-order valence-corrected chi connectivity index (χ0v) is 17.7. The van der Waals surface area contributed by atoms with E-state index in [1.54, 1.807) is 0 Å². The molecule has 158 valence electrons. The first kappa shape index (κ1) is 25.8. The molecule has 0 fully saturated rings. The Balaban J connectivity index is 3.82. The lowest BCUT2D eigenvalue weighted by molar-refractivity contribution is -0.149. The zero-order valence-electron chi connectivity index (χ0n) is 17.7. The van der Waals surface area contributed by atoms with Gasteiger partial charge in [0.2, 0.25) is 0 Å². The highest BCUT2D eigenvalue weighted by atomic mass is 16.5. The molecule has 2 atom stereocenters. The standard InChI is InChI=1S/C22H40O5/c1-17(2)8-5-9-18(3)10-6-11-19(4)12-7-13-20(24)14-22(26)27-16-21(25)15-23/h12,17-18,21,23,25H,5-11,13-16H2,1-4H3/b19-12+. The van der Waals surface area contributed by atoms with E-state index in [9.17, 15) is 9.59 Å². The van der Waals surface area contributed by atoms with Crippen molar-refractivity contribution in [3.63, 3.8) is 0 Å². The molecule has 0 aliphatic heterocycles. The first-order valence-electron chi connectivity index (χ1n) is 10.4. The van der Waals surface area contributed by atoms with Crippen LogP contribution in [0.4, 0.5) is 0 Å². The number of Topliss-reactive ketones (excluding diaryl/α,β-unsaturated/α-hetero) is 1. The van der Waals surface area contributed by atoms with E-state index in [4.69, 9.17) is 14.9 Å². The Labute approximate surface area is 165 Å². The Bertz CT molecular complexity index is 442. The lowest BCUT2D eigenvalue weighted by Gasteiger charge is -2.12. The van der Waals surface area contributed by atoms with Crippen molar-refractivity contribution in [1.29, 1.82) is 0 Å². The summed E-state index contributed by atoms with van der Waals surface area (Å²) in [5, 5.41) is 17.7. The summed E-state index contributed by atoms with van der Waals surface area (Å²) in [7, 11) is 0. The molecule has 5 nitrogen and oxygen atoms in total. The highest BCUT2D eigenvalue weighted by Gasteiger charge is 2.12. The summed E-state index contributed by atoms with van der Waals surface area (Å²) in [6.07, 6.45) is 9.09. The number of ketones is 1. The van der Waals surface area contributed by atoms with Crippen LogP contribution in [0.25, 0.3) is 0 Å². The lowest BCUT2D eigenvalue weighted by Crippen LogP contribution is -2.23. The molecule has 0 aromatic heterocycles. The second-order valence-electron chi connectivity index (χ2n) is 8.15. The highest BCUT2D eigenvalue weighted by molar-refractivity contribution is 5.95. The maximum Gasteiger partial charge on any atom is 0.313 e. The minimum atomic E-state index is -1.09. The van der Waals surface area contributed by atoms with Crippen molar-refractivity contribution in [3.8, 4) is 0 Å². The number of aliphatic hydroxyl groups is 2. The van der Waals surface area contributed by atoms with Crippen LogP contribution in [0.5, 0.6) is 0 Å². The maximum absolute atomic E-state index is 11.8. The maximum atomic E-state index is 11.8. The van der Waals surface area contributed by atoms with Gasteiger partial charge in [-0.1, -0.05) is 58.1 Å². The summed E-state index contributed by atoms with van der Waals surface area (Å²) in [6.45, 7) is 8.22. The molecular weight excluding hydrogens is 344 g/mol. The molecule has 0 amide bonds. The number of esters is 1. The molecule has 0 aliphatic rings. The van der Waals surface area contributed by atoms with Crippen LogP contribution in [0, 0.1) is 11.8 Å². The molecule has 2 N–H and O–H groups in total. The van der Waals surface area contributed by atoms with Gasteiger partial charge in [-0.3, -0.25) is 9.59 Å². The number of carbonyl (C=O) groups excluding carboxylic acids is 2. The van der Waals surface area contributed by atoms with Crippen LogP contribution < -0.4 is 0 Å². The van der Waals surface area contributed by atoms with Crippen LogP contribution in [0.15, 0.2) is 11.6 Å². The Kier molecular flexibility index (Phi) is 15.1. The Morgan fingerprint density at radius 1 is 1.04 bits per heavy atom. The summed E-state index contributed by atoms with van der Waals surface area (Å²) in [4.78, 5) is 23.2. The van der Waals surface area contributed by atoms with Crippen molar-refractivity contribution in [3.05, 3.63) is 11.6 Å². The number of aliphatic hydroxyl groups excluding tert-OH is 2. The van der Waals surface area contributed by atoms with Crippen LogP contribution in [0.2, 0.25) is 0 Å². The highest BCUT2D eigenvalue weighted by Crippen LogP contribution is 2.19. The van der Waals surface area contributed by atoms with Crippen molar-refractivity contribution < 1.29 is 24.5 Å². The molecular formula is C22H40O5. The zero-order chi connectivity index (χ0) is 20.7. The van der Waals surface area contributed by atoms with Gasteiger partial charge >= 0.3 is 5.97 Å².